The summed E-state index contributed by atoms with van der Waals surface area (Å²) >= 11 is 0. The van der Waals surface area contributed by atoms with Gasteiger partial charge in [0.05, 0.1) is 17.6 Å². The first-order valence-electron chi connectivity index (χ1n) is 12.8. The van der Waals surface area contributed by atoms with Gasteiger partial charge in [-0.1, -0.05) is 12.1 Å². The van der Waals surface area contributed by atoms with E-state index in [-0.39, 0.29) is 42.9 Å². The van der Waals surface area contributed by atoms with Crippen molar-refractivity contribution in [2.75, 3.05) is 26.2 Å². The smallest absolute Gasteiger partial charge is 0.410 e. The average Bonchev–Trinajstić information content (AvgIpc) is 3.03. The zero-order valence-corrected chi connectivity index (χ0v) is 21.7. The van der Waals surface area contributed by atoms with Crippen molar-refractivity contribution in [1.29, 1.82) is 0 Å². The number of rotatable bonds is 3. The molecule has 3 atom stereocenters. The second kappa shape index (κ2) is 9.27. The third-order valence-electron chi connectivity index (χ3n) is 7.63. The molecule has 1 aromatic carbocycles. The highest BCUT2D eigenvalue weighted by atomic mass is 19.1. The van der Waals surface area contributed by atoms with Crippen LogP contribution in [0.5, 0.6) is 0 Å². The van der Waals surface area contributed by atoms with Crippen LogP contribution in [-0.4, -0.2) is 80.8 Å². The number of fused-ring (bicyclic) bond motifs is 1. The van der Waals surface area contributed by atoms with Gasteiger partial charge in [-0.25, -0.2) is 14.0 Å². The van der Waals surface area contributed by atoms with Gasteiger partial charge in [0.1, 0.15) is 17.8 Å². The summed E-state index contributed by atoms with van der Waals surface area (Å²) in [4.78, 5) is 53.2. The largest absolute Gasteiger partial charge is 0.444 e. The van der Waals surface area contributed by atoms with Gasteiger partial charge in [0, 0.05) is 45.1 Å². The van der Waals surface area contributed by atoms with Crippen LogP contribution >= 0.6 is 0 Å². The molecule has 200 valence electrons. The van der Waals surface area contributed by atoms with E-state index in [0.717, 1.165) is 11.1 Å². The predicted molar refractivity (Wildman–Crippen MR) is 134 cm³/mol. The van der Waals surface area contributed by atoms with Crippen molar-refractivity contribution in [3.63, 3.8) is 0 Å². The number of hydrogen-bond acceptors (Lipinski definition) is 6. The van der Waals surface area contributed by atoms with E-state index in [1.54, 1.807) is 32.4 Å². The molecule has 0 radical (unpaired) electrons. The summed E-state index contributed by atoms with van der Waals surface area (Å²) < 4.78 is 23.6. The number of imide groups is 1. The first-order chi connectivity index (χ1) is 17.4. The van der Waals surface area contributed by atoms with Crippen molar-refractivity contribution >= 4 is 28.9 Å². The number of halogens is 1. The van der Waals surface area contributed by atoms with Crippen molar-refractivity contribution in [1.82, 2.24) is 24.3 Å². The first kappa shape index (κ1) is 25.4. The van der Waals surface area contributed by atoms with Gasteiger partial charge in [-0.15, -0.1) is 0 Å². The standard InChI is InChI=1S/C26H34FN5O5/c1-26(2,3)37-25(36)30-11-10-18(17(27)14-30)31-12-15(13-31)16-6-5-7-19-22(16)29(4)24(35)32(19)20-8-9-21(33)28-23(20)34/h5-7,15,17-18,20H,8-14H2,1-4H3,(H,28,33,34)/t17-,18-,20?/m1/s1. The molecule has 0 spiro atoms. The summed E-state index contributed by atoms with van der Waals surface area (Å²) in [5, 5.41) is 2.33. The lowest BCUT2D eigenvalue weighted by atomic mass is 9.86. The quantitative estimate of drug-likeness (QED) is 0.628. The van der Waals surface area contributed by atoms with E-state index in [0.29, 0.717) is 31.6 Å². The average molecular weight is 516 g/mol. The lowest BCUT2D eigenvalue weighted by Gasteiger charge is -2.48. The number of carbonyl (C=O) groups is 3. The van der Waals surface area contributed by atoms with Gasteiger partial charge in [0.2, 0.25) is 11.8 Å². The van der Waals surface area contributed by atoms with Gasteiger partial charge in [-0.2, -0.15) is 0 Å². The second-order valence-corrected chi connectivity index (χ2v) is 11.3. The van der Waals surface area contributed by atoms with E-state index in [9.17, 15) is 19.2 Å². The Kier molecular flexibility index (Phi) is 6.37. The molecule has 3 saturated heterocycles. The summed E-state index contributed by atoms with van der Waals surface area (Å²) in [5.74, 6) is -0.673. The molecule has 1 unspecified atom stereocenters. The number of likely N-dealkylation sites (tertiary alicyclic amines) is 2. The monoisotopic (exact) mass is 515 g/mol. The number of piperidine rings is 2. The number of amides is 3. The molecule has 11 heteroatoms. The fourth-order valence-corrected chi connectivity index (χ4v) is 5.80. The van der Waals surface area contributed by atoms with Crippen LogP contribution < -0.4 is 11.0 Å². The predicted octanol–water partition coefficient (Wildman–Crippen LogP) is 2.06. The van der Waals surface area contributed by atoms with Gasteiger partial charge in [0.25, 0.3) is 0 Å². The number of benzene rings is 1. The van der Waals surface area contributed by atoms with Crippen LogP contribution in [0.2, 0.25) is 0 Å². The van der Waals surface area contributed by atoms with Crippen molar-refractivity contribution in [3.8, 4) is 0 Å². The van der Waals surface area contributed by atoms with Gasteiger partial charge in [-0.3, -0.25) is 28.9 Å². The van der Waals surface area contributed by atoms with Crippen LogP contribution in [0.25, 0.3) is 11.0 Å². The molecule has 3 aliphatic rings. The van der Waals surface area contributed by atoms with Crippen LogP contribution in [0, 0.1) is 0 Å². The molecule has 1 aromatic heterocycles. The Hall–Kier alpha value is -3.21. The van der Waals surface area contributed by atoms with Crippen molar-refractivity contribution in [2.45, 2.75) is 69.8 Å². The third kappa shape index (κ3) is 4.65. The number of nitrogens with one attached hydrogen (secondary N) is 1. The topological polar surface area (TPSA) is 106 Å². The molecule has 0 aliphatic carbocycles. The molecule has 0 saturated carbocycles. The maximum absolute atomic E-state index is 15.1. The van der Waals surface area contributed by atoms with E-state index in [1.807, 2.05) is 18.2 Å². The normalized spacial score (nSPS) is 25.8. The summed E-state index contributed by atoms with van der Waals surface area (Å²) in [5.41, 5.74) is 1.49. The van der Waals surface area contributed by atoms with E-state index in [1.165, 1.54) is 9.47 Å². The van der Waals surface area contributed by atoms with Crippen molar-refractivity contribution < 1.29 is 23.5 Å². The van der Waals surface area contributed by atoms with Crippen molar-refractivity contribution in [2.24, 2.45) is 7.05 Å². The molecule has 4 heterocycles. The SMILES string of the molecule is Cn1c(=O)n(C2CCC(=O)NC2=O)c2cccc(C3CN([C@@H]4CCN(C(=O)OC(C)(C)C)C[C@H]4F)C3)c21. The lowest BCUT2D eigenvalue weighted by Crippen LogP contribution is -2.60. The Morgan fingerprint density at radius 1 is 1.11 bits per heavy atom. The molecule has 3 amide bonds. The van der Waals surface area contributed by atoms with Crippen molar-refractivity contribution in [3.05, 3.63) is 34.2 Å². The van der Waals surface area contributed by atoms with Gasteiger partial charge < -0.3 is 9.64 Å². The Morgan fingerprint density at radius 3 is 2.49 bits per heavy atom. The molecule has 3 fully saturated rings. The number of para-hydroxylation sites is 1. The number of imidazole rings is 1. The number of aromatic nitrogens is 2. The Balaban J connectivity index is 1.30. The van der Waals surface area contributed by atoms with E-state index >= 15 is 4.39 Å². The van der Waals surface area contributed by atoms with Crippen LogP contribution in [0.15, 0.2) is 23.0 Å². The lowest BCUT2D eigenvalue weighted by molar-refractivity contribution is -0.135. The number of alkyl halides is 1. The molecular formula is C26H34FN5O5. The maximum Gasteiger partial charge on any atom is 0.410 e. The van der Waals surface area contributed by atoms with Crippen LogP contribution in [0.1, 0.15) is 57.6 Å². The minimum absolute atomic E-state index is 0.0135. The highest BCUT2D eigenvalue weighted by molar-refractivity contribution is 6.00. The Morgan fingerprint density at radius 2 is 1.84 bits per heavy atom. The number of ether oxygens (including phenoxy) is 1. The fourth-order valence-electron chi connectivity index (χ4n) is 5.80. The summed E-state index contributed by atoms with van der Waals surface area (Å²) in [7, 11) is 1.69. The summed E-state index contributed by atoms with van der Waals surface area (Å²) in [6.07, 6.45) is -0.653. The molecule has 37 heavy (non-hydrogen) atoms. The molecule has 10 nitrogen and oxygen atoms in total. The number of nitrogens with zero attached hydrogens (tertiary/aromatic N) is 4. The van der Waals surface area contributed by atoms with Gasteiger partial charge >= 0.3 is 11.8 Å². The van der Waals surface area contributed by atoms with Crippen LogP contribution in [-0.2, 0) is 21.4 Å². The number of hydrogen-bond donors (Lipinski definition) is 1. The molecular weight excluding hydrogens is 481 g/mol. The molecule has 1 N–H and O–H groups in total. The van der Waals surface area contributed by atoms with Crippen LogP contribution in [0.3, 0.4) is 0 Å². The molecule has 2 aromatic rings. The Labute approximate surface area is 214 Å². The number of carbonyl (C=O) groups excluding carboxylic acids is 3. The highest BCUT2D eigenvalue weighted by Gasteiger charge is 2.42. The minimum atomic E-state index is -1.17. The Bertz CT molecular complexity index is 1300. The molecule has 0 bridgehead atoms. The maximum atomic E-state index is 15.1. The summed E-state index contributed by atoms with van der Waals surface area (Å²) in [6, 6.07) is 4.68. The highest BCUT2D eigenvalue weighted by Crippen LogP contribution is 2.36. The first-order valence-corrected chi connectivity index (χ1v) is 12.8. The summed E-state index contributed by atoms with van der Waals surface area (Å²) in [6.45, 7) is 7.13. The van der Waals surface area contributed by atoms with E-state index < -0.39 is 29.8 Å². The zero-order chi connectivity index (χ0) is 26.6. The molecule has 5 rings (SSSR count). The van der Waals surface area contributed by atoms with Gasteiger partial charge in [-0.05, 0) is 45.2 Å². The second-order valence-electron chi connectivity index (χ2n) is 11.3. The molecule has 3 aliphatic heterocycles. The third-order valence-corrected chi connectivity index (χ3v) is 7.63. The van der Waals surface area contributed by atoms with E-state index in [4.69, 9.17) is 4.74 Å². The van der Waals surface area contributed by atoms with Crippen LogP contribution in [0.4, 0.5) is 9.18 Å². The van der Waals surface area contributed by atoms with Gasteiger partial charge in [0.15, 0.2) is 0 Å². The number of aryl methyl sites for hydroxylation is 1. The van der Waals surface area contributed by atoms with E-state index in [2.05, 4.69) is 10.2 Å². The minimum Gasteiger partial charge on any atom is -0.444 e. The fraction of sp³-hybridized carbons (Fsp3) is 0.615. The zero-order valence-electron chi connectivity index (χ0n) is 21.7.